The number of amides is 1. The van der Waals surface area contributed by atoms with Crippen LogP contribution in [0.25, 0.3) is 0 Å². The van der Waals surface area contributed by atoms with Gasteiger partial charge in [-0.05, 0) is 32.1 Å². The zero-order valence-electron chi connectivity index (χ0n) is 15.7. The molecule has 4 heteroatoms. The number of nitrogens with zero attached hydrogens (tertiary/aromatic N) is 1. The third kappa shape index (κ3) is 13.4. The minimum Gasteiger partial charge on any atom is -0.370 e. The second-order valence-electron chi connectivity index (χ2n) is 7.25. The number of carbonyl (C=O) groups is 1. The number of nitrogens with two attached hydrogens (primary N) is 1. The Morgan fingerprint density at radius 2 is 1.33 bits per heavy atom. The fraction of sp³-hybridized carbons (Fsp3) is 0.900. The van der Waals surface area contributed by atoms with Crippen molar-refractivity contribution < 1.29 is 4.79 Å². The first-order chi connectivity index (χ1) is 11.8. The minimum atomic E-state index is -0.158. The Kier molecular flexibility index (Phi) is 13.5. The second-order valence-corrected chi connectivity index (χ2v) is 7.25. The Labute approximate surface area is 149 Å². The number of hydrazone groups is 1. The average Bonchev–Trinajstić information content (AvgIpc) is 2.59. The number of unbranched alkanes of at least 4 members (excludes halogenated alkanes) is 12. The molecule has 0 aromatic rings. The highest BCUT2D eigenvalue weighted by Gasteiger charge is 2.04. The second kappa shape index (κ2) is 15.5. The molecule has 0 spiro atoms. The van der Waals surface area contributed by atoms with Gasteiger partial charge < -0.3 is 11.2 Å². The van der Waals surface area contributed by atoms with Crippen molar-refractivity contribution in [2.45, 2.75) is 109 Å². The van der Waals surface area contributed by atoms with E-state index in [-0.39, 0.29) is 5.91 Å². The molecule has 3 N–H and O–H groups in total. The number of hydrogen-bond acceptors (Lipinski definition) is 3. The molecule has 0 fully saturated rings. The van der Waals surface area contributed by atoms with Crippen LogP contribution in [-0.2, 0) is 4.79 Å². The summed E-state index contributed by atoms with van der Waals surface area (Å²) < 4.78 is 0. The van der Waals surface area contributed by atoms with Gasteiger partial charge in [0.05, 0.1) is 0 Å². The summed E-state index contributed by atoms with van der Waals surface area (Å²) in [5.41, 5.74) is 9.62. The van der Waals surface area contributed by atoms with Gasteiger partial charge in [0, 0.05) is 18.7 Å². The first kappa shape index (κ1) is 21.0. The van der Waals surface area contributed by atoms with Crippen LogP contribution in [0.5, 0.6) is 0 Å². The fourth-order valence-electron chi connectivity index (χ4n) is 3.35. The highest BCUT2D eigenvalue weighted by molar-refractivity contribution is 5.84. The van der Waals surface area contributed by atoms with E-state index in [1.165, 1.54) is 95.6 Å². The third-order valence-electron chi connectivity index (χ3n) is 4.88. The SMILES string of the molecule is NC(=O)CCCCCCCCCCCCCCCC1=NNCCC1. The molecule has 140 valence electrons. The molecule has 1 rings (SSSR count). The van der Waals surface area contributed by atoms with E-state index in [1.807, 2.05) is 0 Å². The molecule has 0 bridgehead atoms. The van der Waals surface area contributed by atoms with Gasteiger partial charge in [-0.2, -0.15) is 5.10 Å². The zero-order valence-corrected chi connectivity index (χ0v) is 15.7. The number of rotatable bonds is 16. The van der Waals surface area contributed by atoms with Gasteiger partial charge in [0.2, 0.25) is 5.91 Å². The molecule has 1 heterocycles. The van der Waals surface area contributed by atoms with Crippen molar-refractivity contribution in [3.05, 3.63) is 0 Å². The largest absolute Gasteiger partial charge is 0.370 e. The van der Waals surface area contributed by atoms with E-state index in [0.717, 1.165) is 19.4 Å². The summed E-state index contributed by atoms with van der Waals surface area (Å²) >= 11 is 0. The lowest BCUT2D eigenvalue weighted by molar-refractivity contribution is -0.118. The van der Waals surface area contributed by atoms with Crippen molar-refractivity contribution in [3.63, 3.8) is 0 Å². The molecule has 4 nitrogen and oxygen atoms in total. The predicted molar refractivity (Wildman–Crippen MR) is 103 cm³/mol. The quantitative estimate of drug-likeness (QED) is 0.386. The number of nitrogens with one attached hydrogen (secondary N) is 1. The van der Waals surface area contributed by atoms with Gasteiger partial charge in [-0.25, -0.2) is 0 Å². The topological polar surface area (TPSA) is 67.5 Å². The summed E-state index contributed by atoms with van der Waals surface area (Å²) in [6.07, 6.45) is 21.3. The Hall–Kier alpha value is -1.06. The van der Waals surface area contributed by atoms with Crippen LogP contribution in [0.3, 0.4) is 0 Å². The predicted octanol–water partition coefficient (Wildman–Crippen LogP) is 5.06. The van der Waals surface area contributed by atoms with Crippen LogP contribution < -0.4 is 11.2 Å². The van der Waals surface area contributed by atoms with E-state index in [4.69, 9.17) is 5.73 Å². The van der Waals surface area contributed by atoms with Crippen molar-refractivity contribution in [2.75, 3.05) is 6.54 Å². The molecule has 0 atom stereocenters. The smallest absolute Gasteiger partial charge is 0.217 e. The van der Waals surface area contributed by atoms with E-state index >= 15 is 0 Å². The molecular formula is C20H39N3O. The highest BCUT2D eigenvalue weighted by atomic mass is 16.1. The molecule has 0 aliphatic carbocycles. The molecule has 0 saturated carbocycles. The zero-order chi connectivity index (χ0) is 17.3. The summed E-state index contributed by atoms with van der Waals surface area (Å²) in [4.78, 5) is 10.6. The molecule has 0 aromatic carbocycles. The van der Waals surface area contributed by atoms with Crippen LogP contribution in [-0.4, -0.2) is 18.2 Å². The average molecular weight is 338 g/mol. The molecule has 1 amide bonds. The third-order valence-corrected chi connectivity index (χ3v) is 4.88. The Morgan fingerprint density at radius 1 is 0.833 bits per heavy atom. The van der Waals surface area contributed by atoms with Gasteiger partial charge in [0.15, 0.2) is 0 Å². The van der Waals surface area contributed by atoms with Gasteiger partial charge in [-0.3, -0.25) is 4.79 Å². The van der Waals surface area contributed by atoms with Gasteiger partial charge in [-0.15, -0.1) is 0 Å². The van der Waals surface area contributed by atoms with E-state index < -0.39 is 0 Å². The molecule has 1 aliphatic rings. The minimum absolute atomic E-state index is 0.158. The lowest BCUT2D eigenvalue weighted by Crippen LogP contribution is -2.18. The maximum Gasteiger partial charge on any atom is 0.217 e. The van der Waals surface area contributed by atoms with E-state index in [9.17, 15) is 4.79 Å². The van der Waals surface area contributed by atoms with Crippen LogP contribution >= 0.6 is 0 Å². The monoisotopic (exact) mass is 337 g/mol. The summed E-state index contributed by atoms with van der Waals surface area (Å²) in [5, 5.41) is 4.38. The van der Waals surface area contributed by atoms with Crippen LogP contribution in [0.2, 0.25) is 0 Å². The molecule has 0 aromatic heterocycles. The van der Waals surface area contributed by atoms with Gasteiger partial charge in [-0.1, -0.05) is 70.6 Å². The Balaban J connectivity index is 1.70. The lowest BCUT2D eigenvalue weighted by Gasteiger charge is -2.12. The number of hydrogen-bond donors (Lipinski definition) is 2. The van der Waals surface area contributed by atoms with Gasteiger partial charge in [0.25, 0.3) is 0 Å². The Morgan fingerprint density at radius 3 is 1.79 bits per heavy atom. The molecular weight excluding hydrogens is 298 g/mol. The number of carbonyl (C=O) groups excluding carboxylic acids is 1. The van der Waals surface area contributed by atoms with Crippen LogP contribution in [0.4, 0.5) is 0 Å². The van der Waals surface area contributed by atoms with Gasteiger partial charge >= 0.3 is 0 Å². The van der Waals surface area contributed by atoms with Gasteiger partial charge in [0.1, 0.15) is 0 Å². The first-order valence-electron chi connectivity index (χ1n) is 10.4. The maximum absolute atomic E-state index is 10.6. The van der Waals surface area contributed by atoms with Crippen LogP contribution in [0, 0.1) is 0 Å². The fourth-order valence-corrected chi connectivity index (χ4v) is 3.35. The molecule has 1 aliphatic heterocycles. The normalized spacial score (nSPS) is 14.2. The van der Waals surface area contributed by atoms with Crippen molar-refractivity contribution in [1.82, 2.24) is 5.43 Å². The van der Waals surface area contributed by atoms with E-state index in [2.05, 4.69) is 10.5 Å². The summed E-state index contributed by atoms with van der Waals surface area (Å²) in [5.74, 6) is -0.158. The molecule has 24 heavy (non-hydrogen) atoms. The van der Waals surface area contributed by atoms with Crippen molar-refractivity contribution in [2.24, 2.45) is 10.8 Å². The van der Waals surface area contributed by atoms with E-state index in [1.54, 1.807) is 0 Å². The van der Waals surface area contributed by atoms with Crippen LogP contribution in [0.15, 0.2) is 5.10 Å². The highest BCUT2D eigenvalue weighted by Crippen LogP contribution is 2.14. The summed E-state index contributed by atoms with van der Waals surface area (Å²) in [6.45, 7) is 1.05. The molecule has 0 radical (unpaired) electrons. The first-order valence-corrected chi connectivity index (χ1v) is 10.4. The Bertz CT molecular complexity index is 342. The maximum atomic E-state index is 10.6. The standard InChI is InChI=1S/C20H39N3O/c21-20(24)17-13-11-9-7-5-3-1-2-4-6-8-10-12-15-19-16-14-18-22-23-19/h22H,1-18H2,(H2,21,24). The lowest BCUT2D eigenvalue weighted by atomic mass is 10.0. The van der Waals surface area contributed by atoms with Crippen molar-refractivity contribution in [3.8, 4) is 0 Å². The van der Waals surface area contributed by atoms with Crippen LogP contribution in [0.1, 0.15) is 109 Å². The number of primary amides is 1. The van der Waals surface area contributed by atoms with E-state index in [0.29, 0.717) is 6.42 Å². The molecule has 0 saturated heterocycles. The van der Waals surface area contributed by atoms with Crippen molar-refractivity contribution >= 4 is 11.6 Å². The molecule has 0 unspecified atom stereocenters. The summed E-state index contributed by atoms with van der Waals surface area (Å²) in [6, 6.07) is 0. The van der Waals surface area contributed by atoms with Crippen molar-refractivity contribution in [1.29, 1.82) is 0 Å². The summed E-state index contributed by atoms with van der Waals surface area (Å²) in [7, 11) is 0.